The number of carbonyl (C=O) groups is 3. The Morgan fingerprint density at radius 2 is 1.47 bits per heavy atom. The second-order valence-corrected chi connectivity index (χ2v) is 9.24. The minimum Gasteiger partial charge on any atom is -0.427 e. The van der Waals surface area contributed by atoms with Gasteiger partial charge in [-0.05, 0) is 61.8 Å². The van der Waals surface area contributed by atoms with E-state index < -0.39 is 0 Å². The SMILES string of the molecule is CCCCCCCCCC(=O)Oc1ccc(N2C(=O)[C@H]3[C@@H]4CC[C@@H](C4)[C@@H]3C2=O)cc1. The van der Waals surface area contributed by atoms with Gasteiger partial charge < -0.3 is 4.74 Å². The fourth-order valence-electron chi connectivity index (χ4n) is 5.74. The van der Waals surface area contributed by atoms with Crippen molar-refractivity contribution in [3.8, 4) is 5.75 Å². The van der Waals surface area contributed by atoms with Gasteiger partial charge in [0, 0.05) is 6.42 Å². The first-order chi connectivity index (χ1) is 14.6. The molecule has 162 valence electrons. The molecule has 0 aromatic heterocycles. The van der Waals surface area contributed by atoms with Crippen molar-refractivity contribution < 1.29 is 19.1 Å². The van der Waals surface area contributed by atoms with Crippen LogP contribution in [0.4, 0.5) is 5.69 Å². The standard InChI is InChI=1S/C25H33NO4/c1-2-3-4-5-6-7-8-9-21(27)30-20-14-12-19(13-15-20)26-24(28)22-17-10-11-18(16-17)23(22)25(26)29/h12-15,17-18,22-23H,2-11,16H2,1H3/t17-,18+,22-,23-/m0/s1. The molecule has 3 aliphatic rings. The summed E-state index contributed by atoms with van der Waals surface area (Å²) in [4.78, 5) is 39.2. The van der Waals surface area contributed by atoms with Gasteiger partial charge in [0.05, 0.1) is 17.5 Å². The number of esters is 1. The van der Waals surface area contributed by atoms with Crippen molar-refractivity contribution in [1.29, 1.82) is 0 Å². The first-order valence-electron chi connectivity index (χ1n) is 11.8. The van der Waals surface area contributed by atoms with Gasteiger partial charge in [-0.1, -0.05) is 45.4 Å². The molecule has 30 heavy (non-hydrogen) atoms. The van der Waals surface area contributed by atoms with Crippen LogP contribution in [0.25, 0.3) is 0 Å². The average molecular weight is 412 g/mol. The van der Waals surface area contributed by atoms with Crippen LogP contribution >= 0.6 is 0 Å². The number of hydrogen-bond acceptors (Lipinski definition) is 4. The van der Waals surface area contributed by atoms with Crippen molar-refractivity contribution in [2.75, 3.05) is 4.90 Å². The molecule has 5 nitrogen and oxygen atoms in total. The van der Waals surface area contributed by atoms with Crippen LogP contribution in [-0.4, -0.2) is 17.8 Å². The average Bonchev–Trinajstić information content (AvgIpc) is 3.42. The molecule has 2 bridgehead atoms. The number of nitrogens with zero attached hydrogens (tertiary/aromatic N) is 1. The summed E-state index contributed by atoms with van der Waals surface area (Å²) in [6.45, 7) is 2.21. The van der Waals surface area contributed by atoms with Crippen molar-refractivity contribution in [1.82, 2.24) is 0 Å². The fourth-order valence-corrected chi connectivity index (χ4v) is 5.74. The summed E-state index contributed by atoms with van der Waals surface area (Å²) >= 11 is 0. The van der Waals surface area contributed by atoms with E-state index in [1.807, 2.05) is 0 Å². The lowest BCUT2D eigenvalue weighted by Gasteiger charge is -2.19. The number of benzene rings is 1. The molecule has 5 heteroatoms. The summed E-state index contributed by atoms with van der Waals surface area (Å²) in [6, 6.07) is 6.80. The van der Waals surface area contributed by atoms with Gasteiger partial charge in [-0.25, -0.2) is 0 Å². The molecular formula is C25H33NO4. The minimum absolute atomic E-state index is 0.0409. The van der Waals surface area contributed by atoms with Crippen molar-refractivity contribution in [3.05, 3.63) is 24.3 Å². The highest BCUT2D eigenvalue weighted by Gasteiger charge is 2.61. The third-order valence-corrected chi connectivity index (χ3v) is 7.24. The molecule has 2 amide bonds. The summed E-state index contributed by atoms with van der Waals surface area (Å²) in [5, 5.41) is 0. The maximum atomic E-state index is 12.9. The monoisotopic (exact) mass is 411 g/mol. The molecule has 2 saturated carbocycles. The number of fused-ring (bicyclic) bond motifs is 5. The Morgan fingerprint density at radius 3 is 2.07 bits per heavy atom. The number of anilines is 1. The molecule has 0 spiro atoms. The molecule has 0 radical (unpaired) electrons. The summed E-state index contributed by atoms with van der Waals surface area (Å²) in [5.74, 6) is 0.691. The van der Waals surface area contributed by atoms with E-state index in [0.717, 1.165) is 32.1 Å². The lowest BCUT2D eigenvalue weighted by Crippen LogP contribution is -2.32. The first kappa shape index (κ1) is 21.1. The van der Waals surface area contributed by atoms with E-state index in [-0.39, 0.29) is 29.6 Å². The van der Waals surface area contributed by atoms with Crippen LogP contribution in [0.5, 0.6) is 5.75 Å². The van der Waals surface area contributed by atoms with Crippen molar-refractivity contribution in [3.63, 3.8) is 0 Å². The van der Waals surface area contributed by atoms with Crippen molar-refractivity contribution in [2.24, 2.45) is 23.7 Å². The third kappa shape index (κ3) is 4.17. The van der Waals surface area contributed by atoms with Crippen LogP contribution in [0.3, 0.4) is 0 Å². The molecule has 3 fully saturated rings. The molecule has 1 aromatic rings. The minimum atomic E-state index is -0.226. The molecule has 4 atom stereocenters. The molecule has 1 saturated heterocycles. The van der Waals surface area contributed by atoms with E-state index in [9.17, 15) is 14.4 Å². The van der Waals surface area contributed by atoms with E-state index in [1.165, 1.54) is 37.0 Å². The summed E-state index contributed by atoms with van der Waals surface area (Å²) in [5.41, 5.74) is 0.589. The number of carbonyl (C=O) groups excluding carboxylic acids is 3. The van der Waals surface area contributed by atoms with Gasteiger partial charge in [0.1, 0.15) is 5.75 Å². The highest BCUT2D eigenvalue weighted by atomic mass is 16.5. The van der Waals surface area contributed by atoms with Gasteiger partial charge >= 0.3 is 5.97 Å². The topological polar surface area (TPSA) is 63.7 Å². The predicted octanol–water partition coefficient (Wildman–Crippen LogP) is 5.27. The van der Waals surface area contributed by atoms with E-state index in [4.69, 9.17) is 4.74 Å². The van der Waals surface area contributed by atoms with Crippen molar-refractivity contribution >= 4 is 23.5 Å². The number of amides is 2. The number of rotatable bonds is 10. The third-order valence-electron chi connectivity index (χ3n) is 7.24. The second-order valence-electron chi connectivity index (χ2n) is 9.24. The van der Waals surface area contributed by atoms with Gasteiger partial charge in [0.2, 0.25) is 11.8 Å². The van der Waals surface area contributed by atoms with Gasteiger partial charge in [0.15, 0.2) is 0 Å². The predicted molar refractivity (Wildman–Crippen MR) is 115 cm³/mol. The summed E-state index contributed by atoms with van der Waals surface area (Å²) in [6.07, 6.45) is 11.7. The van der Waals surface area contributed by atoms with Gasteiger partial charge in [0.25, 0.3) is 0 Å². The largest absolute Gasteiger partial charge is 0.427 e. The molecule has 1 aliphatic heterocycles. The Bertz CT molecular complexity index is 759. The molecule has 0 N–H and O–H groups in total. The van der Waals surface area contributed by atoms with Gasteiger partial charge in [-0.2, -0.15) is 0 Å². The first-order valence-corrected chi connectivity index (χ1v) is 11.8. The summed E-state index contributed by atoms with van der Waals surface area (Å²) in [7, 11) is 0. The Kier molecular flexibility index (Phi) is 6.55. The van der Waals surface area contributed by atoms with Crippen LogP contribution in [0.2, 0.25) is 0 Å². The zero-order chi connectivity index (χ0) is 21.1. The Hall–Kier alpha value is -2.17. The zero-order valence-corrected chi connectivity index (χ0v) is 18.0. The maximum absolute atomic E-state index is 12.9. The molecule has 4 rings (SSSR count). The number of imide groups is 1. The van der Waals surface area contributed by atoms with Gasteiger partial charge in [-0.3, -0.25) is 19.3 Å². The molecule has 1 heterocycles. The molecule has 1 aromatic carbocycles. The molecule has 0 unspecified atom stereocenters. The number of hydrogen-bond donors (Lipinski definition) is 0. The van der Waals surface area contributed by atoms with E-state index in [2.05, 4.69) is 6.92 Å². The quantitative estimate of drug-likeness (QED) is 0.228. The summed E-state index contributed by atoms with van der Waals surface area (Å²) < 4.78 is 5.42. The number of ether oxygens (including phenoxy) is 1. The zero-order valence-electron chi connectivity index (χ0n) is 18.0. The van der Waals surface area contributed by atoms with Crippen LogP contribution < -0.4 is 9.64 Å². The van der Waals surface area contributed by atoms with Crippen LogP contribution in [0.15, 0.2) is 24.3 Å². The lowest BCUT2D eigenvalue weighted by atomic mass is 9.81. The number of unbranched alkanes of at least 4 members (excludes halogenated alkanes) is 6. The Morgan fingerprint density at radius 1 is 0.900 bits per heavy atom. The van der Waals surface area contributed by atoms with E-state index >= 15 is 0 Å². The van der Waals surface area contributed by atoms with Crippen LogP contribution in [-0.2, 0) is 14.4 Å². The van der Waals surface area contributed by atoms with Crippen LogP contribution in [0, 0.1) is 23.7 Å². The lowest BCUT2D eigenvalue weighted by molar-refractivity contribution is -0.134. The highest BCUT2D eigenvalue weighted by molar-refractivity contribution is 6.22. The molecular weight excluding hydrogens is 378 g/mol. The fraction of sp³-hybridized carbons (Fsp3) is 0.640. The molecule has 2 aliphatic carbocycles. The van der Waals surface area contributed by atoms with E-state index in [1.54, 1.807) is 24.3 Å². The maximum Gasteiger partial charge on any atom is 0.311 e. The van der Waals surface area contributed by atoms with Gasteiger partial charge in [-0.15, -0.1) is 0 Å². The smallest absolute Gasteiger partial charge is 0.311 e. The van der Waals surface area contributed by atoms with E-state index in [0.29, 0.717) is 29.7 Å². The van der Waals surface area contributed by atoms with Crippen LogP contribution in [0.1, 0.15) is 77.6 Å². The van der Waals surface area contributed by atoms with Crippen molar-refractivity contribution in [2.45, 2.75) is 77.6 Å². The normalized spacial score (nSPS) is 27.0. The second kappa shape index (κ2) is 9.32. The Balaban J connectivity index is 1.26. The Labute approximate surface area is 179 Å². The highest BCUT2D eigenvalue weighted by Crippen LogP contribution is 2.56.